The maximum atomic E-state index is 12.2. The number of carbonyl (C=O) groups excluding carboxylic acids is 3. The smallest absolute Gasteiger partial charge is 0.258 e. The average molecular weight is 388 g/mol. The number of ketones is 2. The van der Waals surface area contributed by atoms with Crippen LogP contribution in [0, 0.1) is 0 Å². The Balaban J connectivity index is 2.00. The highest BCUT2D eigenvalue weighted by molar-refractivity contribution is 6.31. The lowest BCUT2D eigenvalue weighted by molar-refractivity contribution is -0.128. The number of ether oxygens (including phenoxy) is 1. The average Bonchev–Trinajstić information content (AvgIpc) is 2.66. The number of nitrogens with one attached hydrogen (secondary N) is 1. The summed E-state index contributed by atoms with van der Waals surface area (Å²) in [5, 5.41) is 3.10. The molecule has 0 heterocycles. The summed E-state index contributed by atoms with van der Waals surface area (Å²) in [6.07, 6.45) is 0.703. The molecular weight excluding hydrogens is 366 g/mol. The van der Waals surface area contributed by atoms with Gasteiger partial charge in [-0.05, 0) is 37.1 Å². The molecule has 1 amide bonds. The predicted octanol–water partition coefficient (Wildman–Crippen LogP) is 3.63. The van der Waals surface area contributed by atoms with E-state index in [2.05, 4.69) is 5.32 Å². The first-order valence-corrected chi connectivity index (χ1v) is 9.07. The molecule has 27 heavy (non-hydrogen) atoms. The predicted molar refractivity (Wildman–Crippen MR) is 104 cm³/mol. The number of amides is 1. The topological polar surface area (TPSA) is 72.5 Å². The fourth-order valence-corrected chi connectivity index (χ4v) is 2.73. The molecule has 2 aromatic rings. The molecule has 2 aromatic carbocycles. The van der Waals surface area contributed by atoms with Crippen LogP contribution in [-0.4, -0.2) is 30.1 Å². The third-order valence-electron chi connectivity index (χ3n) is 4.03. The molecule has 0 fully saturated rings. The second-order valence-corrected chi connectivity index (χ2v) is 6.56. The molecule has 0 radical (unpaired) electrons. The Morgan fingerprint density at radius 2 is 1.81 bits per heavy atom. The summed E-state index contributed by atoms with van der Waals surface area (Å²) in [6.45, 7) is 2.87. The van der Waals surface area contributed by atoms with E-state index in [4.69, 9.17) is 16.3 Å². The highest BCUT2D eigenvalue weighted by atomic mass is 35.5. The Bertz CT molecular complexity index is 820. The van der Waals surface area contributed by atoms with E-state index in [0.717, 1.165) is 5.56 Å². The van der Waals surface area contributed by atoms with Crippen molar-refractivity contribution in [3.8, 4) is 5.75 Å². The van der Waals surface area contributed by atoms with E-state index in [-0.39, 0.29) is 18.2 Å². The quantitative estimate of drug-likeness (QED) is 0.667. The summed E-state index contributed by atoms with van der Waals surface area (Å²) in [4.78, 5) is 36.1. The van der Waals surface area contributed by atoms with E-state index in [1.54, 1.807) is 19.1 Å². The standard InChI is InChI=1S/C21H22ClNO4/c1-3-19(25)17-12-16(22)9-10-20(17)27-13-21(26)23-18(14(2)24)11-15-7-5-4-6-8-15/h4-10,12,18H,3,11,13H2,1-2H3,(H,23,26)/t18-/m1/s1. The van der Waals surface area contributed by atoms with Crippen LogP contribution in [0.25, 0.3) is 0 Å². The maximum absolute atomic E-state index is 12.2. The number of carbonyl (C=O) groups is 3. The SMILES string of the molecule is CCC(=O)c1cc(Cl)ccc1OCC(=O)N[C@H](Cc1ccccc1)C(C)=O. The van der Waals surface area contributed by atoms with Gasteiger partial charge in [0.15, 0.2) is 18.2 Å². The van der Waals surface area contributed by atoms with Gasteiger partial charge in [0.2, 0.25) is 0 Å². The van der Waals surface area contributed by atoms with Crippen molar-refractivity contribution in [3.63, 3.8) is 0 Å². The van der Waals surface area contributed by atoms with E-state index in [9.17, 15) is 14.4 Å². The van der Waals surface area contributed by atoms with Crippen LogP contribution in [0.5, 0.6) is 5.75 Å². The third kappa shape index (κ3) is 6.22. The largest absolute Gasteiger partial charge is 0.483 e. The minimum absolute atomic E-state index is 0.126. The Morgan fingerprint density at radius 3 is 2.44 bits per heavy atom. The monoisotopic (exact) mass is 387 g/mol. The summed E-state index contributed by atoms with van der Waals surface area (Å²) in [7, 11) is 0. The first kappa shape index (κ1) is 20.6. The number of hydrogen-bond acceptors (Lipinski definition) is 4. The van der Waals surface area contributed by atoms with Gasteiger partial charge in [0.1, 0.15) is 5.75 Å². The third-order valence-corrected chi connectivity index (χ3v) is 4.27. The Morgan fingerprint density at radius 1 is 1.11 bits per heavy atom. The molecule has 0 aliphatic rings. The minimum atomic E-state index is -0.634. The van der Waals surface area contributed by atoms with Crippen molar-refractivity contribution in [1.29, 1.82) is 0 Å². The number of hydrogen-bond donors (Lipinski definition) is 1. The fourth-order valence-electron chi connectivity index (χ4n) is 2.56. The van der Waals surface area contributed by atoms with Crippen LogP contribution >= 0.6 is 11.6 Å². The molecule has 1 N–H and O–H groups in total. The normalized spacial score (nSPS) is 11.5. The highest BCUT2D eigenvalue weighted by Gasteiger charge is 2.19. The van der Waals surface area contributed by atoms with Gasteiger partial charge in [0, 0.05) is 11.4 Å². The van der Waals surface area contributed by atoms with Crippen molar-refractivity contribution in [2.75, 3.05) is 6.61 Å². The van der Waals surface area contributed by atoms with Crippen molar-refractivity contribution in [2.45, 2.75) is 32.7 Å². The number of benzene rings is 2. The van der Waals surface area contributed by atoms with Gasteiger partial charge < -0.3 is 10.1 Å². The van der Waals surface area contributed by atoms with Crippen LogP contribution in [0.3, 0.4) is 0 Å². The molecule has 0 aromatic heterocycles. The molecule has 1 atom stereocenters. The number of Topliss-reactive ketones (excluding diaryl/α,β-unsaturated/α-hetero) is 2. The van der Waals surface area contributed by atoms with E-state index in [1.165, 1.54) is 13.0 Å². The van der Waals surface area contributed by atoms with Crippen molar-refractivity contribution in [2.24, 2.45) is 0 Å². The summed E-state index contributed by atoms with van der Waals surface area (Å²) >= 11 is 5.94. The Kier molecular flexibility index (Phi) is 7.55. The van der Waals surface area contributed by atoms with Gasteiger partial charge in [-0.15, -0.1) is 0 Å². The summed E-state index contributed by atoms with van der Waals surface area (Å²) < 4.78 is 5.50. The van der Waals surface area contributed by atoms with E-state index >= 15 is 0 Å². The zero-order valence-corrected chi connectivity index (χ0v) is 16.1. The minimum Gasteiger partial charge on any atom is -0.483 e. The highest BCUT2D eigenvalue weighted by Crippen LogP contribution is 2.24. The summed E-state index contributed by atoms with van der Waals surface area (Å²) in [6, 6.07) is 13.5. The lowest BCUT2D eigenvalue weighted by Gasteiger charge is -2.17. The second kappa shape index (κ2) is 9.88. The lowest BCUT2D eigenvalue weighted by atomic mass is 10.0. The Hall–Kier alpha value is -2.66. The van der Waals surface area contributed by atoms with Crippen LogP contribution in [-0.2, 0) is 16.0 Å². The zero-order valence-electron chi connectivity index (χ0n) is 15.3. The van der Waals surface area contributed by atoms with Crippen LogP contribution in [0.4, 0.5) is 0 Å². The van der Waals surface area contributed by atoms with E-state index in [0.29, 0.717) is 29.2 Å². The molecule has 0 saturated carbocycles. The maximum Gasteiger partial charge on any atom is 0.258 e. The second-order valence-electron chi connectivity index (χ2n) is 6.13. The van der Waals surface area contributed by atoms with E-state index < -0.39 is 11.9 Å². The van der Waals surface area contributed by atoms with Crippen LogP contribution in [0.2, 0.25) is 5.02 Å². The van der Waals surface area contributed by atoms with Gasteiger partial charge in [-0.25, -0.2) is 0 Å². The van der Waals surface area contributed by atoms with Crippen molar-refractivity contribution in [3.05, 3.63) is 64.7 Å². The first-order valence-electron chi connectivity index (χ1n) is 8.70. The van der Waals surface area contributed by atoms with Crippen molar-refractivity contribution in [1.82, 2.24) is 5.32 Å². The first-order chi connectivity index (χ1) is 12.9. The van der Waals surface area contributed by atoms with Crippen LogP contribution in [0.1, 0.15) is 36.2 Å². The fraction of sp³-hybridized carbons (Fsp3) is 0.286. The molecular formula is C21H22ClNO4. The summed E-state index contributed by atoms with van der Waals surface area (Å²) in [5.41, 5.74) is 1.29. The number of rotatable bonds is 9. The van der Waals surface area contributed by atoms with Gasteiger partial charge in [0.25, 0.3) is 5.91 Å². The van der Waals surface area contributed by atoms with Gasteiger partial charge in [-0.2, -0.15) is 0 Å². The van der Waals surface area contributed by atoms with Gasteiger partial charge >= 0.3 is 0 Å². The molecule has 5 nitrogen and oxygen atoms in total. The number of halogens is 1. The molecule has 2 rings (SSSR count). The van der Waals surface area contributed by atoms with Crippen molar-refractivity contribution >= 4 is 29.1 Å². The van der Waals surface area contributed by atoms with Gasteiger partial charge in [0.05, 0.1) is 11.6 Å². The Labute approximate surface area is 163 Å². The molecule has 0 unspecified atom stereocenters. The van der Waals surface area contributed by atoms with Gasteiger partial charge in [-0.3, -0.25) is 14.4 Å². The molecule has 142 valence electrons. The van der Waals surface area contributed by atoms with Gasteiger partial charge in [-0.1, -0.05) is 48.9 Å². The lowest BCUT2D eigenvalue weighted by Crippen LogP contribution is -2.43. The molecule has 0 saturated heterocycles. The molecule has 6 heteroatoms. The van der Waals surface area contributed by atoms with Crippen LogP contribution < -0.4 is 10.1 Å². The summed E-state index contributed by atoms with van der Waals surface area (Å²) in [5.74, 6) is -0.404. The molecule has 0 aliphatic carbocycles. The molecule has 0 bridgehead atoms. The molecule has 0 spiro atoms. The van der Waals surface area contributed by atoms with Crippen LogP contribution in [0.15, 0.2) is 48.5 Å². The zero-order chi connectivity index (χ0) is 19.8. The molecule has 0 aliphatic heterocycles. The van der Waals surface area contributed by atoms with Crippen molar-refractivity contribution < 1.29 is 19.1 Å². The van der Waals surface area contributed by atoms with E-state index in [1.807, 2.05) is 30.3 Å².